The molecule has 2 rings (SSSR count). The number of amides is 2. The van der Waals surface area contributed by atoms with Crippen LogP contribution >= 0.6 is 0 Å². The summed E-state index contributed by atoms with van der Waals surface area (Å²) in [4.78, 5) is 22.4. The molecule has 1 unspecified atom stereocenters. The number of carboxylic acid groups (broad SMARTS) is 1. The first-order chi connectivity index (χ1) is 7.15. The molecule has 0 bridgehead atoms. The van der Waals surface area contributed by atoms with Gasteiger partial charge in [0.25, 0.3) is 0 Å². The first-order valence-electron chi connectivity index (χ1n) is 5.02. The second-order valence-corrected chi connectivity index (χ2v) is 3.97. The molecule has 6 heteroatoms. The molecule has 15 heavy (non-hydrogen) atoms. The summed E-state index contributed by atoms with van der Waals surface area (Å²) >= 11 is 0. The van der Waals surface area contributed by atoms with E-state index in [1.807, 2.05) is 0 Å². The number of carbonyl (C=O) groups is 2. The molecule has 3 N–H and O–H groups in total. The third-order valence-electron chi connectivity index (χ3n) is 3.16. The highest BCUT2D eigenvalue weighted by Crippen LogP contribution is 2.29. The molecule has 6 nitrogen and oxygen atoms in total. The molecule has 2 aliphatic rings. The van der Waals surface area contributed by atoms with E-state index in [-0.39, 0.29) is 12.5 Å². The second-order valence-electron chi connectivity index (χ2n) is 3.97. The molecule has 0 saturated carbocycles. The summed E-state index contributed by atoms with van der Waals surface area (Å²) in [5.74, 6) is -1.02. The van der Waals surface area contributed by atoms with E-state index in [1.54, 1.807) is 0 Å². The van der Waals surface area contributed by atoms with Crippen molar-refractivity contribution in [3.8, 4) is 0 Å². The number of urea groups is 1. The molecule has 1 atom stereocenters. The van der Waals surface area contributed by atoms with Crippen LogP contribution in [0.4, 0.5) is 4.79 Å². The molecule has 0 spiro atoms. The maximum absolute atomic E-state index is 11.3. The van der Waals surface area contributed by atoms with E-state index in [1.165, 1.54) is 0 Å². The fourth-order valence-electron chi connectivity index (χ4n) is 2.25. The SMILES string of the molecule is O=C1NCC(C(=O)O)(C2CCOCC2)N1. The zero-order chi connectivity index (χ0) is 10.9. The first kappa shape index (κ1) is 10.2. The Hall–Kier alpha value is -1.30. The highest BCUT2D eigenvalue weighted by molar-refractivity contribution is 5.90. The van der Waals surface area contributed by atoms with Crippen LogP contribution in [0.1, 0.15) is 12.8 Å². The van der Waals surface area contributed by atoms with Gasteiger partial charge in [-0.1, -0.05) is 0 Å². The molecule has 0 aromatic rings. The van der Waals surface area contributed by atoms with Crippen molar-refractivity contribution >= 4 is 12.0 Å². The standard InChI is InChI=1S/C9H14N2O4/c12-7(13)9(5-10-8(14)11-9)6-1-3-15-4-2-6/h6H,1-5H2,(H,12,13)(H2,10,11,14). The van der Waals surface area contributed by atoms with Gasteiger partial charge in [0.1, 0.15) is 0 Å². The zero-order valence-electron chi connectivity index (χ0n) is 8.28. The smallest absolute Gasteiger partial charge is 0.331 e. The Morgan fingerprint density at radius 2 is 2.13 bits per heavy atom. The highest BCUT2D eigenvalue weighted by Gasteiger charge is 2.51. The molecular formula is C9H14N2O4. The van der Waals surface area contributed by atoms with Gasteiger partial charge in [-0.3, -0.25) is 0 Å². The van der Waals surface area contributed by atoms with Gasteiger partial charge in [0.2, 0.25) is 0 Å². The second kappa shape index (κ2) is 3.69. The van der Waals surface area contributed by atoms with Crippen LogP contribution < -0.4 is 10.6 Å². The van der Waals surface area contributed by atoms with Gasteiger partial charge in [-0.05, 0) is 18.8 Å². The average molecular weight is 214 g/mol. The Kier molecular flexibility index (Phi) is 2.52. The van der Waals surface area contributed by atoms with Gasteiger partial charge in [-0.15, -0.1) is 0 Å². The van der Waals surface area contributed by atoms with E-state index in [9.17, 15) is 14.7 Å². The molecule has 2 amide bonds. The lowest BCUT2D eigenvalue weighted by Gasteiger charge is -2.34. The lowest BCUT2D eigenvalue weighted by atomic mass is 9.79. The van der Waals surface area contributed by atoms with Gasteiger partial charge in [0, 0.05) is 13.2 Å². The minimum atomic E-state index is -1.14. The van der Waals surface area contributed by atoms with Crippen LogP contribution in [0, 0.1) is 5.92 Å². The molecule has 84 valence electrons. The molecule has 0 aromatic heterocycles. The van der Waals surface area contributed by atoms with E-state index in [2.05, 4.69) is 10.6 Å². The Bertz CT molecular complexity index is 288. The van der Waals surface area contributed by atoms with Gasteiger partial charge in [0.15, 0.2) is 5.54 Å². The Morgan fingerprint density at radius 3 is 2.60 bits per heavy atom. The molecule has 2 saturated heterocycles. The molecular weight excluding hydrogens is 200 g/mol. The van der Waals surface area contributed by atoms with Gasteiger partial charge in [-0.25, -0.2) is 9.59 Å². The molecule has 0 radical (unpaired) electrons. The molecule has 2 fully saturated rings. The topological polar surface area (TPSA) is 87.7 Å². The first-order valence-corrected chi connectivity index (χ1v) is 5.02. The quantitative estimate of drug-likeness (QED) is 0.581. The summed E-state index contributed by atoms with van der Waals surface area (Å²) in [5.41, 5.74) is -1.14. The van der Waals surface area contributed by atoms with Crippen molar-refractivity contribution in [3.05, 3.63) is 0 Å². The predicted molar refractivity (Wildman–Crippen MR) is 50.4 cm³/mol. The van der Waals surface area contributed by atoms with Crippen molar-refractivity contribution < 1.29 is 19.4 Å². The van der Waals surface area contributed by atoms with Crippen LogP contribution in [-0.2, 0) is 9.53 Å². The monoisotopic (exact) mass is 214 g/mol. The summed E-state index contributed by atoms with van der Waals surface area (Å²) in [5, 5.41) is 14.3. The fraction of sp³-hybridized carbons (Fsp3) is 0.778. The van der Waals surface area contributed by atoms with Crippen molar-refractivity contribution in [2.45, 2.75) is 18.4 Å². The number of hydrogen-bond acceptors (Lipinski definition) is 3. The summed E-state index contributed by atoms with van der Waals surface area (Å²) in [6.45, 7) is 1.29. The Morgan fingerprint density at radius 1 is 1.47 bits per heavy atom. The zero-order valence-corrected chi connectivity index (χ0v) is 8.28. The van der Waals surface area contributed by atoms with Crippen molar-refractivity contribution in [1.82, 2.24) is 10.6 Å². The van der Waals surface area contributed by atoms with Crippen molar-refractivity contribution in [2.24, 2.45) is 5.92 Å². The molecule has 2 aliphatic heterocycles. The lowest BCUT2D eigenvalue weighted by Crippen LogP contribution is -2.57. The minimum absolute atomic E-state index is 0.0531. The van der Waals surface area contributed by atoms with Crippen molar-refractivity contribution in [1.29, 1.82) is 0 Å². The third-order valence-corrected chi connectivity index (χ3v) is 3.16. The number of nitrogens with one attached hydrogen (secondary N) is 2. The summed E-state index contributed by atoms with van der Waals surface area (Å²) < 4.78 is 5.18. The Balaban J connectivity index is 2.18. The highest BCUT2D eigenvalue weighted by atomic mass is 16.5. The van der Waals surface area contributed by atoms with E-state index in [0.717, 1.165) is 0 Å². The Labute approximate surface area is 87.0 Å². The largest absolute Gasteiger partial charge is 0.479 e. The third kappa shape index (κ3) is 1.65. The van der Waals surface area contributed by atoms with Crippen LogP contribution in [0.25, 0.3) is 0 Å². The average Bonchev–Trinajstić information content (AvgIpc) is 2.63. The van der Waals surface area contributed by atoms with Crippen LogP contribution in [-0.4, -0.2) is 42.4 Å². The number of aliphatic carboxylic acids is 1. The van der Waals surface area contributed by atoms with Gasteiger partial charge in [0.05, 0.1) is 6.54 Å². The van der Waals surface area contributed by atoms with Crippen molar-refractivity contribution in [2.75, 3.05) is 19.8 Å². The number of hydrogen-bond donors (Lipinski definition) is 3. The van der Waals surface area contributed by atoms with Gasteiger partial charge in [-0.2, -0.15) is 0 Å². The van der Waals surface area contributed by atoms with Crippen LogP contribution in [0.15, 0.2) is 0 Å². The van der Waals surface area contributed by atoms with E-state index in [4.69, 9.17) is 4.74 Å². The van der Waals surface area contributed by atoms with Gasteiger partial charge >= 0.3 is 12.0 Å². The summed E-state index contributed by atoms with van der Waals surface area (Å²) in [6.07, 6.45) is 1.35. The molecule has 2 heterocycles. The fourth-order valence-corrected chi connectivity index (χ4v) is 2.25. The maximum atomic E-state index is 11.3. The van der Waals surface area contributed by atoms with E-state index >= 15 is 0 Å². The molecule has 0 aliphatic carbocycles. The molecule has 0 aromatic carbocycles. The van der Waals surface area contributed by atoms with E-state index < -0.39 is 17.5 Å². The van der Waals surface area contributed by atoms with Crippen LogP contribution in [0.3, 0.4) is 0 Å². The van der Waals surface area contributed by atoms with Crippen molar-refractivity contribution in [3.63, 3.8) is 0 Å². The maximum Gasteiger partial charge on any atom is 0.331 e. The van der Waals surface area contributed by atoms with Crippen LogP contribution in [0.5, 0.6) is 0 Å². The lowest BCUT2D eigenvalue weighted by molar-refractivity contribution is -0.147. The van der Waals surface area contributed by atoms with Gasteiger partial charge < -0.3 is 20.5 Å². The van der Waals surface area contributed by atoms with Crippen LogP contribution in [0.2, 0.25) is 0 Å². The number of carboxylic acids is 1. The number of carbonyl (C=O) groups excluding carboxylic acids is 1. The predicted octanol–water partition coefficient (Wildman–Crippen LogP) is -0.451. The summed E-state index contributed by atoms with van der Waals surface area (Å²) in [7, 11) is 0. The minimum Gasteiger partial charge on any atom is -0.479 e. The number of rotatable bonds is 2. The normalized spacial score (nSPS) is 32.1. The summed E-state index contributed by atoms with van der Waals surface area (Å²) in [6, 6.07) is -0.399. The van der Waals surface area contributed by atoms with E-state index in [0.29, 0.717) is 26.1 Å². The number of ether oxygens (including phenoxy) is 1.